The van der Waals surface area contributed by atoms with E-state index in [-0.39, 0.29) is 0 Å². The number of aromatic hydroxyl groups is 1. The molecule has 0 bridgehead atoms. The van der Waals surface area contributed by atoms with Crippen LogP contribution in [0.25, 0.3) is 12.2 Å². The first-order valence-electron chi connectivity index (χ1n) is 7.16. The van der Waals surface area contributed by atoms with Gasteiger partial charge in [-0.25, -0.2) is 0 Å². The van der Waals surface area contributed by atoms with Crippen LogP contribution < -0.4 is 0 Å². The molecule has 3 aromatic carbocycles. The topological polar surface area (TPSA) is 37.3 Å². The first kappa shape index (κ1) is 17.9. The molecule has 3 aromatic rings. The van der Waals surface area contributed by atoms with Gasteiger partial charge in [0.2, 0.25) is 0 Å². The van der Waals surface area contributed by atoms with Crippen molar-refractivity contribution in [3.63, 3.8) is 0 Å². The van der Waals surface area contributed by atoms with Crippen molar-refractivity contribution in [1.82, 2.24) is 0 Å². The largest absolute Gasteiger partial charge is 0.508 e. The van der Waals surface area contributed by atoms with Gasteiger partial charge in [-0.1, -0.05) is 91.0 Å². The lowest BCUT2D eigenvalue weighted by Gasteiger charge is -1.92. The summed E-state index contributed by atoms with van der Waals surface area (Å²) in [4.78, 5) is 8.00. The van der Waals surface area contributed by atoms with Crippen LogP contribution in [0.1, 0.15) is 11.1 Å². The maximum absolute atomic E-state index is 8.63. The number of para-hydroxylation sites is 1. The van der Waals surface area contributed by atoms with Gasteiger partial charge in [-0.15, -0.1) is 0 Å². The lowest BCUT2D eigenvalue weighted by atomic mass is 10.1. The summed E-state index contributed by atoms with van der Waals surface area (Å²) in [5.41, 5.74) is 2.47. The van der Waals surface area contributed by atoms with Crippen molar-refractivity contribution in [2.45, 2.75) is 0 Å². The minimum absolute atomic E-state index is 0.322. The average molecular weight is 304 g/mol. The number of hydrogen-bond acceptors (Lipinski definition) is 2. The second-order valence-electron chi connectivity index (χ2n) is 4.49. The molecular weight excluding hydrogens is 284 g/mol. The molecule has 1 N–H and O–H groups in total. The van der Waals surface area contributed by atoms with Crippen LogP contribution in [0.3, 0.4) is 0 Å². The fourth-order valence-corrected chi connectivity index (χ4v) is 1.75. The average Bonchev–Trinajstić information content (AvgIpc) is 2.65. The first-order chi connectivity index (χ1) is 11.3. The monoisotopic (exact) mass is 304 g/mol. The fraction of sp³-hybridized carbons (Fsp3) is 0. The molecule has 0 saturated carbocycles. The van der Waals surface area contributed by atoms with Gasteiger partial charge in [0.15, 0.2) is 0 Å². The van der Waals surface area contributed by atoms with E-state index in [0.717, 1.165) is 0 Å². The molecule has 0 aromatic heterocycles. The molecule has 0 spiro atoms. The Morgan fingerprint density at radius 2 is 0.870 bits per heavy atom. The Bertz CT molecular complexity index is 620. The van der Waals surface area contributed by atoms with E-state index in [9.17, 15) is 0 Å². The van der Waals surface area contributed by atoms with E-state index >= 15 is 0 Å². The SMILES string of the molecule is C(=C\c1ccccc1)/c1ccccc1.C=O.Oc1ccccc1. The molecule has 23 heavy (non-hydrogen) atoms. The van der Waals surface area contributed by atoms with Crippen LogP contribution in [-0.4, -0.2) is 11.9 Å². The first-order valence-corrected chi connectivity index (χ1v) is 7.16. The molecule has 2 nitrogen and oxygen atoms in total. The second kappa shape index (κ2) is 11.5. The van der Waals surface area contributed by atoms with Crippen molar-refractivity contribution >= 4 is 18.9 Å². The highest BCUT2D eigenvalue weighted by atomic mass is 16.3. The number of hydrogen-bond donors (Lipinski definition) is 1. The van der Waals surface area contributed by atoms with Crippen molar-refractivity contribution in [2.24, 2.45) is 0 Å². The Balaban J connectivity index is 0.000000247. The van der Waals surface area contributed by atoms with Crippen LogP contribution in [-0.2, 0) is 4.79 Å². The van der Waals surface area contributed by atoms with E-state index in [2.05, 4.69) is 36.4 Å². The zero-order valence-electron chi connectivity index (χ0n) is 12.9. The maximum Gasteiger partial charge on any atom is 0.115 e. The molecule has 116 valence electrons. The van der Waals surface area contributed by atoms with Crippen LogP contribution in [0.15, 0.2) is 91.0 Å². The van der Waals surface area contributed by atoms with Gasteiger partial charge in [-0.05, 0) is 23.3 Å². The highest BCUT2D eigenvalue weighted by molar-refractivity contribution is 5.69. The fourth-order valence-electron chi connectivity index (χ4n) is 1.75. The molecule has 3 rings (SSSR count). The molecule has 0 radical (unpaired) electrons. The summed E-state index contributed by atoms with van der Waals surface area (Å²) >= 11 is 0. The van der Waals surface area contributed by atoms with Crippen LogP contribution >= 0.6 is 0 Å². The summed E-state index contributed by atoms with van der Waals surface area (Å²) in [6.07, 6.45) is 4.24. The van der Waals surface area contributed by atoms with Gasteiger partial charge in [0.25, 0.3) is 0 Å². The maximum atomic E-state index is 8.63. The lowest BCUT2D eigenvalue weighted by molar-refractivity contribution is -0.0979. The smallest absolute Gasteiger partial charge is 0.115 e. The molecule has 0 atom stereocenters. The summed E-state index contributed by atoms with van der Waals surface area (Å²) in [5.74, 6) is 0.322. The Morgan fingerprint density at radius 3 is 1.13 bits per heavy atom. The zero-order chi connectivity index (χ0) is 16.8. The van der Waals surface area contributed by atoms with E-state index in [4.69, 9.17) is 9.90 Å². The van der Waals surface area contributed by atoms with E-state index in [1.807, 2.05) is 49.3 Å². The van der Waals surface area contributed by atoms with Crippen LogP contribution in [0.4, 0.5) is 0 Å². The molecule has 0 heterocycles. The van der Waals surface area contributed by atoms with Gasteiger partial charge in [0.05, 0.1) is 0 Å². The Labute approximate surface area is 137 Å². The van der Waals surface area contributed by atoms with Gasteiger partial charge in [-0.3, -0.25) is 0 Å². The highest BCUT2D eigenvalue weighted by Crippen LogP contribution is 2.07. The summed E-state index contributed by atoms with van der Waals surface area (Å²) in [5, 5.41) is 8.63. The van der Waals surface area contributed by atoms with Crippen molar-refractivity contribution in [2.75, 3.05) is 0 Å². The van der Waals surface area contributed by atoms with Gasteiger partial charge >= 0.3 is 0 Å². The third kappa shape index (κ3) is 8.02. The van der Waals surface area contributed by atoms with E-state index < -0.39 is 0 Å². The molecule has 0 amide bonds. The molecule has 0 aliphatic carbocycles. The van der Waals surface area contributed by atoms with Gasteiger partial charge in [-0.2, -0.15) is 0 Å². The molecular formula is C21H20O2. The predicted octanol–water partition coefficient (Wildman–Crippen LogP) is 5.06. The Morgan fingerprint density at radius 1 is 0.565 bits per heavy atom. The summed E-state index contributed by atoms with van der Waals surface area (Å²) < 4.78 is 0. The number of carbonyl (C=O) groups excluding carboxylic acids is 1. The van der Waals surface area contributed by atoms with Crippen molar-refractivity contribution < 1.29 is 9.90 Å². The summed E-state index contributed by atoms with van der Waals surface area (Å²) in [6.45, 7) is 2.00. The number of carbonyl (C=O) groups is 1. The number of benzene rings is 3. The second-order valence-corrected chi connectivity index (χ2v) is 4.49. The predicted molar refractivity (Wildman–Crippen MR) is 97.0 cm³/mol. The normalized spacial score (nSPS) is 9.22. The van der Waals surface area contributed by atoms with E-state index in [1.54, 1.807) is 24.3 Å². The van der Waals surface area contributed by atoms with Crippen LogP contribution in [0.2, 0.25) is 0 Å². The number of phenols is 1. The third-order valence-electron chi connectivity index (χ3n) is 2.82. The summed E-state index contributed by atoms with van der Waals surface area (Å²) in [6, 6.07) is 29.3. The Hall–Kier alpha value is -3.13. The lowest BCUT2D eigenvalue weighted by Crippen LogP contribution is -1.70. The highest BCUT2D eigenvalue weighted by Gasteiger charge is 1.84. The van der Waals surface area contributed by atoms with Gasteiger partial charge in [0, 0.05) is 0 Å². The molecule has 0 saturated heterocycles. The molecule has 0 aliphatic heterocycles. The quantitative estimate of drug-likeness (QED) is 0.672. The van der Waals surface area contributed by atoms with Crippen LogP contribution in [0.5, 0.6) is 5.75 Å². The standard InChI is InChI=1S/C14H12.C6H6O.CH2O/c1-3-7-13(8-4-1)11-12-14-9-5-2-6-10-14;7-6-4-2-1-3-5-6;1-2/h1-12H;1-5,7H;1H2/b12-11+;;. The minimum Gasteiger partial charge on any atom is -0.508 e. The van der Waals surface area contributed by atoms with Crippen molar-refractivity contribution in [3.8, 4) is 5.75 Å². The number of rotatable bonds is 2. The third-order valence-corrected chi connectivity index (χ3v) is 2.82. The molecule has 2 heteroatoms. The number of phenolic OH excluding ortho intramolecular Hbond substituents is 1. The van der Waals surface area contributed by atoms with E-state index in [1.165, 1.54) is 11.1 Å². The molecule has 0 aliphatic rings. The molecule has 0 unspecified atom stereocenters. The molecule has 0 fully saturated rings. The summed E-state index contributed by atoms with van der Waals surface area (Å²) in [7, 11) is 0. The van der Waals surface area contributed by atoms with Gasteiger partial charge < -0.3 is 9.90 Å². The van der Waals surface area contributed by atoms with Crippen molar-refractivity contribution in [3.05, 3.63) is 102 Å². The van der Waals surface area contributed by atoms with Crippen molar-refractivity contribution in [1.29, 1.82) is 0 Å². The Kier molecular flexibility index (Phi) is 8.98. The zero-order valence-corrected chi connectivity index (χ0v) is 12.9. The van der Waals surface area contributed by atoms with Crippen LogP contribution in [0, 0.1) is 0 Å². The minimum atomic E-state index is 0.322. The van der Waals surface area contributed by atoms with Gasteiger partial charge in [0.1, 0.15) is 12.5 Å². The van der Waals surface area contributed by atoms with E-state index in [0.29, 0.717) is 5.75 Å².